The van der Waals surface area contributed by atoms with Crippen molar-refractivity contribution < 1.29 is 4.79 Å². The van der Waals surface area contributed by atoms with Crippen molar-refractivity contribution in [3.05, 3.63) is 57.4 Å². The first-order chi connectivity index (χ1) is 10.1. The zero-order valence-electron chi connectivity index (χ0n) is 10.7. The molecule has 0 unspecified atom stereocenters. The molecule has 0 radical (unpaired) electrons. The molecular formula is C15H10Cl2N2OS. The van der Waals surface area contributed by atoms with Crippen molar-refractivity contribution in [2.24, 2.45) is 0 Å². The Labute approximate surface area is 135 Å². The Balaban J connectivity index is 2.01. The monoisotopic (exact) mass is 336 g/mol. The fourth-order valence-corrected chi connectivity index (χ4v) is 3.60. The van der Waals surface area contributed by atoms with Crippen LogP contribution in [0.4, 0.5) is 11.4 Å². The first kappa shape index (κ1) is 14.2. The molecule has 0 aliphatic rings. The zero-order chi connectivity index (χ0) is 15.0. The van der Waals surface area contributed by atoms with E-state index in [2.05, 4.69) is 5.32 Å². The number of rotatable bonds is 2. The van der Waals surface area contributed by atoms with Gasteiger partial charge in [0.1, 0.15) is 4.88 Å². The van der Waals surface area contributed by atoms with Crippen LogP contribution in [0.1, 0.15) is 9.67 Å². The number of nitrogen functional groups attached to an aromatic ring is 1. The molecule has 106 valence electrons. The maximum Gasteiger partial charge on any atom is 0.267 e. The van der Waals surface area contributed by atoms with Crippen molar-refractivity contribution in [1.82, 2.24) is 0 Å². The molecule has 0 atom stereocenters. The number of carbonyl (C=O) groups excluding carboxylic acids is 1. The molecule has 1 aromatic heterocycles. The number of fused-ring (bicyclic) bond motifs is 1. The lowest BCUT2D eigenvalue weighted by Gasteiger charge is -2.06. The van der Waals surface area contributed by atoms with Gasteiger partial charge < -0.3 is 11.1 Å². The van der Waals surface area contributed by atoms with Gasteiger partial charge in [-0.25, -0.2) is 0 Å². The number of hydrogen-bond acceptors (Lipinski definition) is 3. The molecule has 0 saturated heterocycles. The number of benzene rings is 2. The second-order valence-electron chi connectivity index (χ2n) is 4.39. The molecule has 6 heteroatoms. The number of halogens is 2. The molecule has 2 aromatic carbocycles. The highest BCUT2D eigenvalue weighted by Crippen LogP contribution is 2.38. The Bertz CT molecular complexity index is 845. The lowest BCUT2D eigenvalue weighted by atomic mass is 10.2. The van der Waals surface area contributed by atoms with Crippen LogP contribution in [0.3, 0.4) is 0 Å². The molecule has 3 rings (SSSR count). The fourth-order valence-electron chi connectivity index (χ4n) is 2.04. The maximum absolute atomic E-state index is 12.4. The van der Waals surface area contributed by atoms with Crippen LogP contribution in [0.15, 0.2) is 42.5 Å². The van der Waals surface area contributed by atoms with Crippen molar-refractivity contribution in [2.45, 2.75) is 0 Å². The Hall–Kier alpha value is -1.75. The van der Waals surface area contributed by atoms with Crippen LogP contribution in [0.5, 0.6) is 0 Å². The van der Waals surface area contributed by atoms with Gasteiger partial charge in [-0.3, -0.25) is 4.79 Å². The first-order valence-corrected chi connectivity index (χ1v) is 7.67. The smallest absolute Gasteiger partial charge is 0.267 e. The van der Waals surface area contributed by atoms with E-state index < -0.39 is 0 Å². The second-order valence-corrected chi connectivity index (χ2v) is 6.26. The van der Waals surface area contributed by atoms with Gasteiger partial charge in [0.05, 0.1) is 21.4 Å². The van der Waals surface area contributed by atoms with Crippen molar-refractivity contribution in [1.29, 1.82) is 0 Å². The minimum absolute atomic E-state index is 0.294. The average molecular weight is 337 g/mol. The largest absolute Gasteiger partial charge is 0.397 e. The highest BCUT2D eigenvalue weighted by atomic mass is 35.5. The molecule has 0 spiro atoms. The van der Waals surface area contributed by atoms with E-state index in [-0.39, 0.29) is 5.91 Å². The van der Waals surface area contributed by atoms with Gasteiger partial charge >= 0.3 is 0 Å². The minimum atomic E-state index is -0.294. The molecule has 0 saturated carbocycles. The minimum Gasteiger partial charge on any atom is -0.397 e. The van der Waals surface area contributed by atoms with Crippen LogP contribution >= 0.6 is 34.5 Å². The molecule has 3 N–H and O–H groups in total. The highest BCUT2D eigenvalue weighted by molar-refractivity contribution is 7.21. The van der Waals surface area contributed by atoms with E-state index in [9.17, 15) is 4.79 Å². The van der Waals surface area contributed by atoms with Gasteiger partial charge in [-0.05, 0) is 24.3 Å². The fraction of sp³-hybridized carbons (Fsp3) is 0. The third-order valence-corrected chi connectivity index (χ3v) is 4.84. The number of amides is 1. The Kier molecular flexibility index (Phi) is 3.76. The van der Waals surface area contributed by atoms with Crippen molar-refractivity contribution >= 4 is 61.9 Å². The third-order valence-electron chi connectivity index (χ3n) is 3.03. The lowest BCUT2D eigenvalue weighted by molar-refractivity contribution is 0.103. The van der Waals surface area contributed by atoms with Crippen molar-refractivity contribution in [3.8, 4) is 0 Å². The third kappa shape index (κ3) is 2.58. The summed E-state index contributed by atoms with van der Waals surface area (Å²) in [6, 6.07) is 12.5. The van der Waals surface area contributed by atoms with Gasteiger partial charge in [-0.15, -0.1) is 11.3 Å². The van der Waals surface area contributed by atoms with E-state index in [4.69, 9.17) is 28.9 Å². The molecule has 0 aliphatic carbocycles. The predicted molar refractivity (Wildman–Crippen MR) is 90.7 cm³/mol. The number of thiophene rings is 1. The summed E-state index contributed by atoms with van der Waals surface area (Å²) < 4.78 is 0.879. The summed E-state index contributed by atoms with van der Waals surface area (Å²) in [6.45, 7) is 0. The number of para-hydroxylation sites is 1. The quantitative estimate of drug-likeness (QED) is 0.688. The Morgan fingerprint density at radius 1 is 1.05 bits per heavy atom. The van der Waals surface area contributed by atoms with Crippen LogP contribution < -0.4 is 11.1 Å². The molecule has 0 aliphatic heterocycles. The molecule has 3 nitrogen and oxygen atoms in total. The summed E-state index contributed by atoms with van der Waals surface area (Å²) >= 11 is 13.5. The van der Waals surface area contributed by atoms with E-state index >= 15 is 0 Å². The zero-order valence-corrected chi connectivity index (χ0v) is 13.0. The van der Waals surface area contributed by atoms with Gasteiger partial charge in [0.15, 0.2) is 0 Å². The first-order valence-electron chi connectivity index (χ1n) is 6.10. The Morgan fingerprint density at radius 3 is 2.48 bits per heavy atom. The van der Waals surface area contributed by atoms with Crippen LogP contribution in [-0.4, -0.2) is 5.91 Å². The molecule has 1 amide bonds. The topological polar surface area (TPSA) is 55.1 Å². The SMILES string of the molecule is Nc1c(C(=O)Nc2ccccc2Cl)sc2cccc(Cl)c12. The number of nitrogens with two attached hydrogens (primary N) is 1. The van der Waals surface area contributed by atoms with Crippen LogP contribution in [0.2, 0.25) is 10.0 Å². The number of anilines is 2. The molecule has 0 bridgehead atoms. The van der Waals surface area contributed by atoms with Crippen LogP contribution in [0.25, 0.3) is 10.1 Å². The van der Waals surface area contributed by atoms with Crippen LogP contribution in [-0.2, 0) is 0 Å². The molecule has 21 heavy (non-hydrogen) atoms. The summed E-state index contributed by atoms with van der Waals surface area (Å²) in [6.07, 6.45) is 0. The van der Waals surface area contributed by atoms with E-state index in [0.29, 0.717) is 31.7 Å². The molecule has 0 fully saturated rings. The van der Waals surface area contributed by atoms with Crippen molar-refractivity contribution in [3.63, 3.8) is 0 Å². The standard InChI is InChI=1S/C15H10Cl2N2OS/c16-8-4-1-2-6-10(8)19-15(20)14-13(18)12-9(17)5-3-7-11(12)21-14/h1-7H,18H2,(H,19,20). The van der Waals surface area contributed by atoms with Gasteiger partial charge in [0, 0.05) is 10.1 Å². The predicted octanol–water partition coefficient (Wildman–Crippen LogP) is 5.04. The van der Waals surface area contributed by atoms with Crippen molar-refractivity contribution in [2.75, 3.05) is 11.1 Å². The highest BCUT2D eigenvalue weighted by Gasteiger charge is 2.18. The van der Waals surface area contributed by atoms with Crippen LogP contribution in [0, 0.1) is 0 Å². The molecule has 3 aromatic rings. The average Bonchev–Trinajstić information content (AvgIpc) is 2.80. The van der Waals surface area contributed by atoms with E-state index in [0.717, 1.165) is 4.70 Å². The summed E-state index contributed by atoms with van der Waals surface area (Å²) in [5.41, 5.74) is 7.01. The summed E-state index contributed by atoms with van der Waals surface area (Å²) in [4.78, 5) is 12.8. The second kappa shape index (κ2) is 5.56. The maximum atomic E-state index is 12.4. The lowest BCUT2D eigenvalue weighted by Crippen LogP contribution is -2.12. The summed E-state index contributed by atoms with van der Waals surface area (Å²) in [7, 11) is 0. The number of hydrogen-bond donors (Lipinski definition) is 2. The van der Waals surface area contributed by atoms with E-state index in [1.54, 1.807) is 30.3 Å². The van der Waals surface area contributed by atoms with Gasteiger partial charge in [0.2, 0.25) is 0 Å². The molecule has 1 heterocycles. The Morgan fingerprint density at radius 2 is 1.76 bits per heavy atom. The van der Waals surface area contributed by atoms with E-state index in [1.165, 1.54) is 11.3 Å². The number of nitrogens with one attached hydrogen (secondary N) is 1. The van der Waals surface area contributed by atoms with Gasteiger partial charge in [-0.1, -0.05) is 41.4 Å². The normalized spacial score (nSPS) is 10.8. The summed E-state index contributed by atoms with van der Waals surface area (Å²) in [5, 5.41) is 4.50. The van der Waals surface area contributed by atoms with E-state index in [1.807, 2.05) is 12.1 Å². The molecular weight excluding hydrogens is 327 g/mol. The number of carbonyl (C=O) groups is 1. The summed E-state index contributed by atoms with van der Waals surface area (Å²) in [5.74, 6) is -0.294. The van der Waals surface area contributed by atoms with Gasteiger partial charge in [-0.2, -0.15) is 0 Å². The van der Waals surface area contributed by atoms with Gasteiger partial charge in [0.25, 0.3) is 5.91 Å².